The summed E-state index contributed by atoms with van der Waals surface area (Å²) in [5.41, 5.74) is 9.63. The highest BCUT2D eigenvalue weighted by Gasteiger charge is 2.22. The van der Waals surface area contributed by atoms with Crippen molar-refractivity contribution in [3.05, 3.63) is 95.4 Å². The van der Waals surface area contributed by atoms with Crippen LogP contribution < -0.4 is 25.3 Å². The quantitative estimate of drug-likeness (QED) is 0.219. The maximum absolute atomic E-state index is 13.8. The van der Waals surface area contributed by atoms with Gasteiger partial charge in [0.1, 0.15) is 12.7 Å². The summed E-state index contributed by atoms with van der Waals surface area (Å²) in [5.74, 6) is 0.495. The van der Waals surface area contributed by atoms with Gasteiger partial charge < -0.3 is 25.3 Å². The molecule has 0 saturated carbocycles. The Kier molecular flexibility index (Phi) is 8.55. The number of nitrogens with one attached hydrogen (secondary N) is 1. The molecule has 0 aliphatic heterocycles. The number of nitrogens with two attached hydrogens (primary N) is 1. The Morgan fingerprint density at radius 3 is 2.38 bits per heavy atom. The number of hydrogen-bond donors (Lipinski definition) is 2. The monoisotopic (exact) mass is 584 g/mol. The Balaban J connectivity index is 1.42. The second-order valence-corrected chi connectivity index (χ2v) is 10.00. The lowest BCUT2D eigenvalue weighted by molar-refractivity contribution is -0.117. The molecule has 5 aromatic rings. The van der Waals surface area contributed by atoms with Crippen molar-refractivity contribution in [1.29, 1.82) is 0 Å². The van der Waals surface area contributed by atoms with Gasteiger partial charge in [-0.25, -0.2) is 14.6 Å². The van der Waals surface area contributed by atoms with E-state index < -0.39 is 6.04 Å². The van der Waals surface area contributed by atoms with E-state index in [2.05, 4.69) is 20.4 Å². The topological polar surface area (TPSA) is 143 Å². The van der Waals surface area contributed by atoms with E-state index in [4.69, 9.17) is 19.9 Å². The number of ether oxygens (including phenoxy) is 3. The Labute approximate surface area is 245 Å². The molecule has 214 valence electrons. The van der Waals surface area contributed by atoms with Gasteiger partial charge in [0.25, 0.3) is 0 Å². The minimum atomic E-state index is -0.723. The smallest absolute Gasteiger partial charge is 0.243 e. The molecule has 1 amide bonds. The van der Waals surface area contributed by atoms with Gasteiger partial charge in [-0.1, -0.05) is 36.4 Å². The zero-order valence-corrected chi connectivity index (χ0v) is 23.9. The molecule has 42 heavy (non-hydrogen) atoms. The molecule has 0 radical (unpaired) electrons. The van der Waals surface area contributed by atoms with Gasteiger partial charge >= 0.3 is 0 Å². The van der Waals surface area contributed by atoms with Crippen LogP contribution in [0.2, 0.25) is 0 Å². The summed E-state index contributed by atoms with van der Waals surface area (Å²) in [5, 5.41) is 9.28. The summed E-state index contributed by atoms with van der Waals surface area (Å²) in [6, 6.07) is 17.3. The molecule has 2 heterocycles. The van der Waals surface area contributed by atoms with Gasteiger partial charge in [0.05, 0.1) is 38.8 Å². The van der Waals surface area contributed by atoms with E-state index >= 15 is 0 Å². The number of rotatable bonds is 11. The third-order valence-corrected chi connectivity index (χ3v) is 7.26. The summed E-state index contributed by atoms with van der Waals surface area (Å²) in [7, 11) is 4.48. The number of hydrogen-bond acceptors (Lipinski definition) is 10. The minimum Gasteiger partial charge on any atom is -0.493 e. The van der Waals surface area contributed by atoms with Crippen LogP contribution in [0.5, 0.6) is 17.2 Å². The predicted octanol–water partition coefficient (Wildman–Crippen LogP) is 4.16. The number of ketones is 1. The van der Waals surface area contributed by atoms with E-state index in [9.17, 15) is 9.59 Å². The second kappa shape index (κ2) is 12.6. The fraction of sp³-hybridized carbons (Fsp3) is 0.167. The number of amides is 1. The zero-order valence-electron chi connectivity index (χ0n) is 23.1. The predicted molar refractivity (Wildman–Crippen MR) is 159 cm³/mol. The molecule has 2 aromatic heterocycles. The summed E-state index contributed by atoms with van der Waals surface area (Å²) in [6.45, 7) is 0. The third kappa shape index (κ3) is 5.99. The molecule has 0 fully saturated rings. The average molecular weight is 585 g/mol. The number of methoxy groups -OCH3 is 3. The van der Waals surface area contributed by atoms with E-state index in [1.54, 1.807) is 30.3 Å². The number of thiazole rings is 1. The van der Waals surface area contributed by atoms with Crippen LogP contribution in [0, 0.1) is 0 Å². The highest BCUT2D eigenvalue weighted by Crippen LogP contribution is 2.39. The van der Waals surface area contributed by atoms with Gasteiger partial charge in [-0.2, -0.15) is 5.10 Å². The molecule has 12 heteroatoms. The normalized spacial score (nSPS) is 11.5. The molecule has 0 bridgehead atoms. The molecule has 1 unspecified atom stereocenters. The Hall–Kier alpha value is -5.07. The molecule has 3 aromatic carbocycles. The first-order chi connectivity index (χ1) is 20.4. The third-order valence-electron chi connectivity index (χ3n) is 6.50. The Morgan fingerprint density at radius 1 is 1.00 bits per heavy atom. The minimum absolute atomic E-state index is 0.287. The number of aromatic nitrogens is 4. The van der Waals surface area contributed by atoms with Crippen molar-refractivity contribution in [2.45, 2.75) is 12.5 Å². The highest BCUT2D eigenvalue weighted by molar-refractivity contribution is 7.14. The van der Waals surface area contributed by atoms with Crippen molar-refractivity contribution in [3.63, 3.8) is 0 Å². The van der Waals surface area contributed by atoms with Crippen LogP contribution in [0.25, 0.3) is 16.9 Å². The maximum Gasteiger partial charge on any atom is 0.243 e. The van der Waals surface area contributed by atoms with E-state index in [0.29, 0.717) is 56.9 Å². The molecule has 11 nitrogen and oxygen atoms in total. The molecular formula is C30H28N6O5S. The van der Waals surface area contributed by atoms with E-state index in [-0.39, 0.29) is 11.7 Å². The van der Waals surface area contributed by atoms with Crippen molar-refractivity contribution in [2.75, 3.05) is 26.6 Å². The highest BCUT2D eigenvalue weighted by atomic mass is 32.1. The van der Waals surface area contributed by atoms with Gasteiger partial charge in [-0.3, -0.25) is 9.59 Å². The van der Waals surface area contributed by atoms with E-state index in [1.807, 2.05) is 35.7 Å². The fourth-order valence-corrected chi connectivity index (χ4v) is 5.12. The molecule has 5 rings (SSSR count). The van der Waals surface area contributed by atoms with Gasteiger partial charge in [-0.05, 0) is 36.2 Å². The van der Waals surface area contributed by atoms with Crippen LogP contribution in [-0.4, -0.2) is 58.8 Å². The summed E-state index contributed by atoms with van der Waals surface area (Å²) >= 11 is 1.28. The van der Waals surface area contributed by atoms with Crippen LogP contribution >= 0.6 is 11.3 Å². The SMILES string of the molecule is COc1cc(C(=O)c2ccc(-c3csc(NC(=O)C(N)Cc4ccccc4)n3)cc2-n2cncn2)cc(OC)c1OC. The first kappa shape index (κ1) is 28.5. The van der Waals surface area contributed by atoms with E-state index in [1.165, 1.54) is 50.0 Å². The van der Waals surface area contributed by atoms with Crippen LogP contribution in [0.1, 0.15) is 21.5 Å². The van der Waals surface area contributed by atoms with Crippen molar-refractivity contribution in [3.8, 4) is 34.2 Å². The molecule has 3 N–H and O–H groups in total. The Bertz CT molecular complexity index is 1680. The van der Waals surface area contributed by atoms with Crippen LogP contribution in [0.4, 0.5) is 5.13 Å². The first-order valence-corrected chi connectivity index (χ1v) is 13.7. The largest absolute Gasteiger partial charge is 0.493 e. The fourth-order valence-electron chi connectivity index (χ4n) is 4.40. The molecular weight excluding hydrogens is 556 g/mol. The average Bonchev–Trinajstić information content (AvgIpc) is 3.73. The number of nitrogens with zero attached hydrogens (tertiary/aromatic N) is 4. The number of carbonyl (C=O) groups excluding carboxylic acids is 2. The van der Waals surface area contributed by atoms with Crippen molar-refractivity contribution in [2.24, 2.45) is 5.73 Å². The Morgan fingerprint density at radius 2 is 1.74 bits per heavy atom. The lowest BCUT2D eigenvalue weighted by atomic mass is 9.98. The van der Waals surface area contributed by atoms with Crippen molar-refractivity contribution in [1.82, 2.24) is 19.7 Å². The standard InChI is InChI=1S/C30H28N6O5S/c1-39-25-13-20(14-26(40-2)28(25)41-3)27(37)21-10-9-19(12-24(21)36-17-32-16-33-36)23-15-42-30(34-23)35-29(38)22(31)11-18-7-5-4-6-8-18/h4-10,12-17,22H,11,31H2,1-3H3,(H,34,35,38). The molecule has 0 aliphatic carbocycles. The second-order valence-electron chi connectivity index (χ2n) is 9.14. The van der Waals surface area contributed by atoms with Crippen molar-refractivity contribution >= 4 is 28.2 Å². The number of anilines is 1. The van der Waals surface area contributed by atoms with E-state index in [0.717, 1.165) is 5.56 Å². The van der Waals surface area contributed by atoms with Gasteiger partial charge in [-0.15, -0.1) is 11.3 Å². The zero-order chi connectivity index (χ0) is 29.6. The van der Waals surface area contributed by atoms with Crippen LogP contribution in [0.15, 0.2) is 78.7 Å². The van der Waals surface area contributed by atoms with Crippen molar-refractivity contribution < 1.29 is 23.8 Å². The van der Waals surface area contributed by atoms with Gasteiger partial charge in [0.15, 0.2) is 22.4 Å². The molecule has 0 spiro atoms. The lowest BCUT2D eigenvalue weighted by Gasteiger charge is -2.15. The summed E-state index contributed by atoms with van der Waals surface area (Å²) in [4.78, 5) is 35.1. The maximum atomic E-state index is 13.8. The first-order valence-electron chi connectivity index (χ1n) is 12.8. The lowest BCUT2D eigenvalue weighted by Crippen LogP contribution is -2.37. The summed E-state index contributed by atoms with van der Waals surface area (Å²) in [6.07, 6.45) is 3.30. The number of benzene rings is 3. The van der Waals surface area contributed by atoms with Gasteiger partial charge in [0, 0.05) is 22.1 Å². The van der Waals surface area contributed by atoms with Crippen LogP contribution in [-0.2, 0) is 11.2 Å². The number of carbonyl (C=O) groups is 2. The molecule has 1 atom stereocenters. The molecule has 0 aliphatic rings. The van der Waals surface area contributed by atoms with Gasteiger partial charge in [0.2, 0.25) is 11.7 Å². The van der Waals surface area contributed by atoms with Crippen LogP contribution in [0.3, 0.4) is 0 Å². The summed E-state index contributed by atoms with van der Waals surface area (Å²) < 4.78 is 17.8. The molecule has 0 saturated heterocycles.